The number of halogens is 1. The van der Waals surface area contributed by atoms with Crippen LogP contribution in [-0.4, -0.2) is 7.11 Å². The molecule has 0 radical (unpaired) electrons. The summed E-state index contributed by atoms with van der Waals surface area (Å²) in [5.74, 6) is 0.812. The Morgan fingerprint density at radius 2 is 2.05 bits per heavy atom. The quantitative estimate of drug-likeness (QED) is 0.897. The molecule has 0 bridgehead atoms. The maximum absolute atomic E-state index is 8.91. The van der Waals surface area contributed by atoms with Gasteiger partial charge in [0.1, 0.15) is 5.75 Å². The summed E-state index contributed by atoms with van der Waals surface area (Å²) in [7, 11) is 1.65. The standard InChI is InChI=1S/C16H15BrN2O/c1-11(13-6-7-16(20-2)15(17)9-13)19-14-5-3-4-12(8-14)10-18/h3-9,11,19H,1-2H3. The summed E-state index contributed by atoms with van der Waals surface area (Å²) in [5, 5.41) is 12.3. The molecule has 0 aliphatic heterocycles. The van der Waals surface area contributed by atoms with Crippen LogP contribution in [0.3, 0.4) is 0 Å². The van der Waals surface area contributed by atoms with E-state index < -0.39 is 0 Å². The molecule has 20 heavy (non-hydrogen) atoms. The number of hydrogen-bond acceptors (Lipinski definition) is 3. The molecular weight excluding hydrogens is 316 g/mol. The highest BCUT2D eigenvalue weighted by Crippen LogP contribution is 2.29. The molecule has 0 saturated heterocycles. The first-order valence-corrected chi connectivity index (χ1v) is 7.03. The van der Waals surface area contributed by atoms with Crippen LogP contribution in [0, 0.1) is 11.3 Å². The molecule has 0 heterocycles. The van der Waals surface area contributed by atoms with E-state index in [0.717, 1.165) is 21.5 Å². The van der Waals surface area contributed by atoms with Crippen LogP contribution in [0.25, 0.3) is 0 Å². The lowest BCUT2D eigenvalue weighted by Crippen LogP contribution is -2.06. The zero-order chi connectivity index (χ0) is 14.5. The lowest BCUT2D eigenvalue weighted by molar-refractivity contribution is 0.412. The molecule has 3 nitrogen and oxygen atoms in total. The van der Waals surface area contributed by atoms with E-state index in [1.54, 1.807) is 13.2 Å². The maximum atomic E-state index is 8.91. The van der Waals surface area contributed by atoms with Crippen LogP contribution in [0.2, 0.25) is 0 Å². The van der Waals surface area contributed by atoms with Crippen LogP contribution in [0.15, 0.2) is 46.9 Å². The predicted molar refractivity (Wildman–Crippen MR) is 83.9 cm³/mol. The summed E-state index contributed by atoms with van der Waals surface area (Å²) in [6, 6.07) is 15.7. The molecule has 2 aromatic carbocycles. The predicted octanol–water partition coefficient (Wildman–Crippen LogP) is 4.50. The van der Waals surface area contributed by atoms with Crippen molar-refractivity contribution in [1.29, 1.82) is 5.26 Å². The van der Waals surface area contributed by atoms with Gasteiger partial charge < -0.3 is 10.1 Å². The molecule has 4 heteroatoms. The van der Waals surface area contributed by atoms with Crippen LogP contribution in [-0.2, 0) is 0 Å². The number of nitrogens with one attached hydrogen (secondary N) is 1. The minimum Gasteiger partial charge on any atom is -0.496 e. The van der Waals surface area contributed by atoms with Crippen molar-refractivity contribution in [1.82, 2.24) is 0 Å². The molecule has 0 spiro atoms. The largest absolute Gasteiger partial charge is 0.496 e. The summed E-state index contributed by atoms with van der Waals surface area (Å²) in [4.78, 5) is 0. The SMILES string of the molecule is COc1ccc(C(C)Nc2cccc(C#N)c2)cc1Br. The van der Waals surface area contributed by atoms with Gasteiger partial charge in [-0.25, -0.2) is 0 Å². The monoisotopic (exact) mass is 330 g/mol. The number of benzene rings is 2. The van der Waals surface area contributed by atoms with Gasteiger partial charge in [-0.15, -0.1) is 0 Å². The fourth-order valence-corrected chi connectivity index (χ4v) is 2.52. The first-order chi connectivity index (χ1) is 9.63. The highest BCUT2D eigenvalue weighted by molar-refractivity contribution is 9.10. The average molecular weight is 331 g/mol. The minimum atomic E-state index is 0.131. The second kappa shape index (κ2) is 6.44. The van der Waals surface area contributed by atoms with E-state index in [1.165, 1.54) is 0 Å². The summed E-state index contributed by atoms with van der Waals surface area (Å²) in [6.45, 7) is 2.08. The van der Waals surface area contributed by atoms with Crippen molar-refractivity contribution >= 4 is 21.6 Å². The first kappa shape index (κ1) is 14.4. The van der Waals surface area contributed by atoms with Crippen molar-refractivity contribution in [2.24, 2.45) is 0 Å². The Morgan fingerprint density at radius 1 is 1.25 bits per heavy atom. The van der Waals surface area contributed by atoms with Gasteiger partial charge >= 0.3 is 0 Å². The lowest BCUT2D eigenvalue weighted by Gasteiger charge is -2.17. The minimum absolute atomic E-state index is 0.131. The molecule has 1 atom stereocenters. The third kappa shape index (κ3) is 3.31. The van der Waals surface area contributed by atoms with Crippen molar-refractivity contribution in [3.8, 4) is 11.8 Å². The lowest BCUT2D eigenvalue weighted by atomic mass is 10.1. The summed E-state index contributed by atoms with van der Waals surface area (Å²) >= 11 is 3.49. The fraction of sp³-hybridized carbons (Fsp3) is 0.188. The number of hydrogen-bond donors (Lipinski definition) is 1. The maximum Gasteiger partial charge on any atom is 0.133 e. The fourth-order valence-electron chi connectivity index (χ4n) is 1.96. The zero-order valence-corrected chi connectivity index (χ0v) is 12.9. The van der Waals surface area contributed by atoms with Crippen molar-refractivity contribution in [3.63, 3.8) is 0 Å². The van der Waals surface area contributed by atoms with Gasteiger partial charge in [-0.1, -0.05) is 12.1 Å². The number of methoxy groups -OCH3 is 1. The molecule has 0 aromatic heterocycles. The highest BCUT2D eigenvalue weighted by atomic mass is 79.9. The molecule has 1 unspecified atom stereocenters. The van der Waals surface area contributed by atoms with Crippen LogP contribution in [0.1, 0.15) is 24.1 Å². The molecule has 1 N–H and O–H groups in total. The molecule has 0 aliphatic rings. The second-order valence-electron chi connectivity index (χ2n) is 4.45. The Bertz CT molecular complexity index is 649. The number of ether oxygens (including phenoxy) is 1. The van der Waals surface area contributed by atoms with Gasteiger partial charge in [0.05, 0.1) is 23.2 Å². The van der Waals surface area contributed by atoms with Gasteiger partial charge in [0.2, 0.25) is 0 Å². The molecule has 0 fully saturated rings. The Kier molecular flexibility index (Phi) is 4.65. The van der Waals surface area contributed by atoms with Gasteiger partial charge in [0.25, 0.3) is 0 Å². The summed E-state index contributed by atoms with van der Waals surface area (Å²) < 4.78 is 6.15. The van der Waals surface area contributed by atoms with E-state index >= 15 is 0 Å². The van der Waals surface area contributed by atoms with Crippen molar-refractivity contribution in [2.75, 3.05) is 12.4 Å². The van der Waals surface area contributed by atoms with Gasteiger partial charge in [0, 0.05) is 11.7 Å². The van der Waals surface area contributed by atoms with E-state index in [9.17, 15) is 0 Å². The topological polar surface area (TPSA) is 45.0 Å². The number of nitrogens with zero attached hydrogens (tertiary/aromatic N) is 1. The van der Waals surface area contributed by atoms with Gasteiger partial charge in [-0.2, -0.15) is 5.26 Å². The Balaban J connectivity index is 2.17. The second-order valence-corrected chi connectivity index (χ2v) is 5.31. The van der Waals surface area contributed by atoms with E-state index in [0.29, 0.717) is 5.56 Å². The Labute approximate surface area is 127 Å². The number of rotatable bonds is 4. The smallest absolute Gasteiger partial charge is 0.133 e. The van der Waals surface area contributed by atoms with E-state index in [4.69, 9.17) is 10.00 Å². The molecule has 102 valence electrons. The van der Waals surface area contributed by atoms with E-state index in [1.807, 2.05) is 36.4 Å². The van der Waals surface area contributed by atoms with E-state index in [2.05, 4.69) is 34.2 Å². The van der Waals surface area contributed by atoms with Gasteiger partial charge in [0.15, 0.2) is 0 Å². The van der Waals surface area contributed by atoms with Crippen LogP contribution < -0.4 is 10.1 Å². The number of anilines is 1. The van der Waals surface area contributed by atoms with Gasteiger partial charge in [-0.05, 0) is 58.7 Å². The third-order valence-electron chi connectivity index (χ3n) is 3.05. The van der Waals surface area contributed by atoms with Crippen molar-refractivity contribution in [3.05, 3.63) is 58.1 Å². The van der Waals surface area contributed by atoms with Crippen molar-refractivity contribution < 1.29 is 4.74 Å². The van der Waals surface area contributed by atoms with Crippen LogP contribution in [0.4, 0.5) is 5.69 Å². The van der Waals surface area contributed by atoms with E-state index in [-0.39, 0.29) is 6.04 Å². The third-order valence-corrected chi connectivity index (χ3v) is 3.67. The number of nitriles is 1. The molecule has 0 saturated carbocycles. The average Bonchev–Trinajstić information content (AvgIpc) is 2.47. The first-order valence-electron chi connectivity index (χ1n) is 6.24. The summed E-state index contributed by atoms with van der Waals surface area (Å²) in [5.41, 5.74) is 2.72. The van der Waals surface area contributed by atoms with Crippen LogP contribution in [0.5, 0.6) is 5.75 Å². The molecule has 2 aromatic rings. The van der Waals surface area contributed by atoms with Crippen molar-refractivity contribution in [2.45, 2.75) is 13.0 Å². The Hall–Kier alpha value is -1.99. The summed E-state index contributed by atoms with van der Waals surface area (Å²) in [6.07, 6.45) is 0. The van der Waals surface area contributed by atoms with Gasteiger partial charge in [-0.3, -0.25) is 0 Å². The molecule has 2 rings (SSSR count). The zero-order valence-electron chi connectivity index (χ0n) is 11.4. The molecule has 0 aliphatic carbocycles. The molecular formula is C16H15BrN2O. The highest BCUT2D eigenvalue weighted by Gasteiger charge is 2.08. The normalized spacial score (nSPS) is 11.5. The Morgan fingerprint density at radius 3 is 2.70 bits per heavy atom. The van der Waals surface area contributed by atoms with Crippen LogP contribution >= 0.6 is 15.9 Å². The molecule has 0 amide bonds.